The van der Waals surface area contributed by atoms with E-state index in [2.05, 4.69) is 0 Å². The summed E-state index contributed by atoms with van der Waals surface area (Å²) in [6.07, 6.45) is 0.770. The molecule has 0 saturated carbocycles. The number of amides is 1. The summed E-state index contributed by atoms with van der Waals surface area (Å²) in [5, 5.41) is 11.5. The monoisotopic (exact) mass is 515 g/mol. The summed E-state index contributed by atoms with van der Waals surface area (Å²) in [5.41, 5.74) is 1.53. The highest BCUT2D eigenvalue weighted by molar-refractivity contribution is 6.51. The fourth-order valence-corrected chi connectivity index (χ4v) is 4.42. The Balaban J connectivity index is 1.86. The first-order valence-electron chi connectivity index (χ1n) is 12.9. The van der Waals surface area contributed by atoms with Crippen LogP contribution in [0.15, 0.2) is 78.4 Å². The van der Waals surface area contributed by atoms with Crippen LogP contribution in [0, 0.1) is 0 Å². The molecule has 1 fully saturated rings. The van der Waals surface area contributed by atoms with E-state index in [4.69, 9.17) is 14.2 Å². The Morgan fingerprint density at radius 2 is 1.61 bits per heavy atom. The van der Waals surface area contributed by atoms with Crippen molar-refractivity contribution in [1.82, 2.24) is 0 Å². The van der Waals surface area contributed by atoms with E-state index in [-0.39, 0.29) is 17.4 Å². The molecule has 1 aliphatic rings. The second-order valence-electron chi connectivity index (χ2n) is 9.21. The number of nitrogens with zero attached hydrogens (tertiary/aromatic N) is 1. The Hall–Kier alpha value is -4.26. The molecule has 7 nitrogen and oxygen atoms in total. The molecular weight excluding hydrogens is 482 g/mol. The van der Waals surface area contributed by atoms with Gasteiger partial charge in [0.25, 0.3) is 11.7 Å². The van der Waals surface area contributed by atoms with Crippen molar-refractivity contribution in [2.24, 2.45) is 0 Å². The van der Waals surface area contributed by atoms with E-state index < -0.39 is 17.7 Å². The molecule has 198 valence electrons. The highest BCUT2D eigenvalue weighted by Crippen LogP contribution is 2.43. The van der Waals surface area contributed by atoms with E-state index in [1.54, 1.807) is 54.6 Å². The number of hydrogen-bond acceptors (Lipinski definition) is 6. The highest BCUT2D eigenvalue weighted by atomic mass is 16.5. The first kappa shape index (κ1) is 26.8. The van der Waals surface area contributed by atoms with Crippen molar-refractivity contribution in [1.29, 1.82) is 0 Å². The molecule has 1 amide bonds. The molecule has 7 heteroatoms. The van der Waals surface area contributed by atoms with Gasteiger partial charge in [0, 0.05) is 11.3 Å². The highest BCUT2D eigenvalue weighted by Gasteiger charge is 2.47. The summed E-state index contributed by atoms with van der Waals surface area (Å²) in [7, 11) is 0. The standard InChI is InChI=1S/C31H33NO6/c1-5-17-37-25-11-8-10-22(19-25)29(33)27-28(21-9-7-12-26(18-21)38-20(3)4)32(31(35)30(27)34)23-13-15-24(16-14-23)36-6-2/h7-16,18-20,28,33H,5-6,17H2,1-4H3/b29-27-. The Labute approximate surface area is 223 Å². The molecule has 0 aliphatic carbocycles. The summed E-state index contributed by atoms with van der Waals surface area (Å²) < 4.78 is 17.1. The molecule has 4 rings (SSSR count). The van der Waals surface area contributed by atoms with Gasteiger partial charge in [-0.25, -0.2) is 0 Å². The fourth-order valence-electron chi connectivity index (χ4n) is 4.42. The number of aliphatic hydroxyl groups is 1. The molecule has 38 heavy (non-hydrogen) atoms. The molecule has 1 heterocycles. The van der Waals surface area contributed by atoms with Gasteiger partial charge < -0.3 is 19.3 Å². The lowest BCUT2D eigenvalue weighted by atomic mass is 9.95. The minimum atomic E-state index is -0.871. The first-order valence-corrected chi connectivity index (χ1v) is 12.9. The lowest BCUT2D eigenvalue weighted by Crippen LogP contribution is -2.29. The van der Waals surface area contributed by atoms with Gasteiger partial charge in [-0.15, -0.1) is 0 Å². The average molecular weight is 516 g/mol. The Bertz CT molecular complexity index is 1330. The lowest BCUT2D eigenvalue weighted by Gasteiger charge is -2.26. The molecule has 0 aromatic heterocycles. The topological polar surface area (TPSA) is 85.3 Å². The van der Waals surface area contributed by atoms with Crippen LogP contribution in [0.5, 0.6) is 17.2 Å². The maximum atomic E-state index is 13.5. The van der Waals surface area contributed by atoms with Crippen LogP contribution in [0.3, 0.4) is 0 Å². The molecule has 3 aromatic rings. The molecule has 0 radical (unpaired) electrons. The number of aliphatic hydroxyl groups excluding tert-OH is 1. The first-order chi connectivity index (χ1) is 18.3. The smallest absolute Gasteiger partial charge is 0.300 e. The zero-order chi connectivity index (χ0) is 27.2. The van der Waals surface area contributed by atoms with E-state index in [0.29, 0.717) is 47.3 Å². The predicted molar refractivity (Wildman–Crippen MR) is 147 cm³/mol. The van der Waals surface area contributed by atoms with Crippen molar-refractivity contribution in [3.8, 4) is 17.2 Å². The molecule has 1 N–H and O–H groups in total. The predicted octanol–water partition coefficient (Wildman–Crippen LogP) is 6.29. The Morgan fingerprint density at radius 1 is 0.895 bits per heavy atom. The summed E-state index contributed by atoms with van der Waals surface area (Å²) in [4.78, 5) is 28.4. The minimum Gasteiger partial charge on any atom is -0.507 e. The van der Waals surface area contributed by atoms with Gasteiger partial charge in [-0.1, -0.05) is 31.2 Å². The molecule has 1 atom stereocenters. The molecule has 1 unspecified atom stereocenters. The second kappa shape index (κ2) is 11.9. The molecule has 1 aliphatic heterocycles. The maximum absolute atomic E-state index is 13.5. The zero-order valence-corrected chi connectivity index (χ0v) is 22.1. The third kappa shape index (κ3) is 5.67. The van der Waals surface area contributed by atoms with Crippen molar-refractivity contribution in [2.45, 2.75) is 46.3 Å². The fraction of sp³-hybridized carbons (Fsp3) is 0.290. The van der Waals surface area contributed by atoms with Gasteiger partial charge in [-0.3, -0.25) is 14.5 Å². The van der Waals surface area contributed by atoms with E-state index >= 15 is 0 Å². The number of ketones is 1. The number of anilines is 1. The van der Waals surface area contributed by atoms with Crippen LogP contribution in [0.4, 0.5) is 5.69 Å². The van der Waals surface area contributed by atoms with Crippen molar-refractivity contribution in [3.63, 3.8) is 0 Å². The van der Waals surface area contributed by atoms with Crippen LogP contribution in [0.2, 0.25) is 0 Å². The molecule has 0 bridgehead atoms. The molecule has 3 aromatic carbocycles. The zero-order valence-electron chi connectivity index (χ0n) is 22.1. The SMILES string of the molecule is CCCOc1cccc(/C(O)=C2/C(=O)C(=O)N(c3ccc(OCC)cc3)C2c2cccc(OC(C)C)c2)c1. The normalized spacial score (nSPS) is 16.7. The largest absolute Gasteiger partial charge is 0.507 e. The second-order valence-corrected chi connectivity index (χ2v) is 9.21. The van der Waals surface area contributed by atoms with Crippen LogP contribution in [0.25, 0.3) is 5.76 Å². The van der Waals surface area contributed by atoms with Crippen LogP contribution in [-0.2, 0) is 9.59 Å². The van der Waals surface area contributed by atoms with Crippen molar-refractivity contribution in [3.05, 3.63) is 89.5 Å². The van der Waals surface area contributed by atoms with E-state index in [1.165, 1.54) is 4.90 Å². The van der Waals surface area contributed by atoms with Crippen molar-refractivity contribution in [2.75, 3.05) is 18.1 Å². The number of benzene rings is 3. The van der Waals surface area contributed by atoms with Crippen molar-refractivity contribution >= 4 is 23.1 Å². The number of hydrogen-bond donors (Lipinski definition) is 1. The van der Waals surface area contributed by atoms with Gasteiger partial charge in [0.05, 0.1) is 30.9 Å². The molecule has 1 saturated heterocycles. The summed E-state index contributed by atoms with van der Waals surface area (Å²) in [6.45, 7) is 8.77. The summed E-state index contributed by atoms with van der Waals surface area (Å²) in [6, 6.07) is 20.2. The van der Waals surface area contributed by atoms with Crippen molar-refractivity contribution < 1.29 is 28.9 Å². The third-order valence-corrected chi connectivity index (χ3v) is 6.00. The van der Waals surface area contributed by atoms with Crippen LogP contribution in [0.1, 0.15) is 51.3 Å². The number of rotatable bonds is 10. The van der Waals surface area contributed by atoms with Gasteiger partial charge in [-0.2, -0.15) is 0 Å². The summed E-state index contributed by atoms with van der Waals surface area (Å²) in [5.74, 6) is 0.0653. The number of carbonyl (C=O) groups excluding carboxylic acids is 2. The number of Topliss-reactive ketones (excluding diaryl/α,β-unsaturated/α-hetero) is 1. The van der Waals surface area contributed by atoms with E-state index in [1.807, 2.05) is 45.9 Å². The van der Waals surface area contributed by atoms with Crippen LogP contribution >= 0.6 is 0 Å². The van der Waals surface area contributed by atoms with Crippen LogP contribution in [-0.4, -0.2) is 36.1 Å². The van der Waals surface area contributed by atoms with Gasteiger partial charge >= 0.3 is 0 Å². The number of ether oxygens (including phenoxy) is 3. The molecular formula is C31H33NO6. The average Bonchev–Trinajstić information content (AvgIpc) is 3.18. The van der Waals surface area contributed by atoms with Gasteiger partial charge in [0.15, 0.2) is 0 Å². The lowest BCUT2D eigenvalue weighted by molar-refractivity contribution is -0.132. The minimum absolute atomic E-state index is 0.00165. The maximum Gasteiger partial charge on any atom is 0.300 e. The quantitative estimate of drug-likeness (QED) is 0.194. The van der Waals surface area contributed by atoms with Gasteiger partial charge in [0.1, 0.15) is 23.0 Å². The Kier molecular flexibility index (Phi) is 8.36. The Morgan fingerprint density at radius 3 is 2.29 bits per heavy atom. The van der Waals surface area contributed by atoms with Crippen LogP contribution < -0.4 is 19.1 Å². The van der Waals surface area contributed by atoms with E-state index in [9.17, 15) is 14.7 Å². The number of carbonyl (C=O) groups is 2. The third-order valence-electron chi connectivity index (χ3n) is 6.00. The van der Waals surface area contributed by atoms with Gasteiger partial charge in [0.2, 0.25) is 0 Å². The van der Waals surface area contributed by atoms with E-state index in [0.717, 1.165) is 6.42 Å². The van der Waals surface area contributed by atoms with Gasteiger partial charge in [-0.05, 0) is 81.3 Å². The molecule has 0 spiro atoms. The summed E-state index contributed by atoms with van der Waals surface area (Å²) >= 11 is 0.